The number of aromatic nitrogens is 3. The van der Waals surface area contributed by atoms with Crippen LogP contribution in [0.5, 0.6) is 0 Å². The van der Waals surface area contributed by atoms with E-state index in [0.29, 0.717) is 0 Å². The van der Waals surface area contributed by atoms with E-state index in [1.54, 1.807) is 11.0 Å². The fourth-order valence-corrected chi connectivity index (χ4v) is 2.45. The largest absolute Gasteiger partial charge is 0.381 e. The molecule has 1 N–H and O–H groups in total. The Kier molecular flexibility index (Phi) is 3.69. The van der Waals surface area contributed by atoms with Crippen molar-refractivity contribution in [3.05, 3.63) is 71.8 Å². The fraction of sp³-hybridized carbons (Fsp3) is 0.176. The Hall–Kier alpha value is -2.62. The number of rotatable bonds is 4. The molecule has 2 aromatic carbocycles. The van der Waals surface area contributed by atoms with Gasteiger partial charge in [-0.3, -0.25) is 0 Å². The number of anilines is 1. The summed E-state index contributed by atoms with van der Waals surface area (Å²) in [5.74, 6) is 0. The average Bonchev–Trinajstić information content (AvgIpc) is 2.99. The van der Waals surface area contributed by atoms with Crippen LogP contribution >= 0.6 is 0 Å². The first kappa shape index (κ1) is 13.4. The Labute approximate surface area is 124 Å². The normalized spacial score (nSPS) is 10.6. The lowest BCUT2D eigenvalue weighted by Gasteiger charge is -2.09. The smallest absolute Gasteiger partial charge is 0.138 e. The summed E-state index contributed by atoms with van der Waals surface area (Å²) in [6, 6.07) is 14.8. The summed E-state index contributed by atoms with van der Waals surface area (Å²) in [6.07, 6.45) is 3.23. The second kappa shape index (κ2) is 5.79. The van der Waals surface area contributed by atoms with Crippen molar-refractivity contribution in [1.82, 2.24) is 14.8 Å². The van der Waals surface area contributed by atoms with Gasteiger partial charge >= 0.3 is 0 Å². The molecule has 0 fully saturated rings. The Morgan fingerprint density at radius 2 is 1.71 bits per heavy atom. The van der Waals surface area contributed by atoms with Gasteiger partial charge in [-0.15, -0.1) is 0 Å². The molecule has 0 atom stereocenters. The topological polar surface area (TPSA) is 42.7 Å². The summed E-state index contributed by atoms with van der Waals surface area (Å²) in [5, 5.41) is 7.56. The molecular formula is C17H18N4. The zero-order valence-electron chi connectivity index (χ0n) is 12.2. The lowest BCUT2D eigenvalue weighted by atomic mass is 10.1. The Morgan fingerprint density at radius 3 is 2.33 bits per heavy atom. The molecule has 0 radical (unpaired) electrons. The highest BCUT2D eigenvalue weighted by Gasteiger charge is 1.99. The summed E-state index contributed by atoms with van der Waals surface area (Å²) < 4.78 is 1.74. The molecule has 3 rings (SSSR count). The molecule has 4 heteroatoms. The van der Waals surface area contributed by atoms with Crippen molar-refractivity contribution in [2.45, 2.75) is 20.4 Å². The van der Waals surface area contributed by atoms with Crippen LogP contribution in [-0.4, -0.2) is 14.8 Å². The molecule has 0 saturated carbocycles. The summed E-state index contributed by atoms with van der Waals surface area (Å²) >= 11 is 0. The molecule has 0 aliphatic rings. The van der Waals surface area contributed by atoms with E-state index in [2.05, 4.69) is 59.6 Å². The summed E-state index contributed by atoms with van der Waals surface area (Å²) in [7, 11) is 0. The van der Waals surface area contributed by atoms with Crippen LogP contribution in [0, 0.1) is 13.8 Å². The monoisotopic (exact) mass is 278 g/mol. The van der Waals surface area contributed by atoms with Crippen LogP contribution < -0.4 is 5.32 Å². The highest BCUT2D eigenvalue weighted by molar-refractivity contribution is 5.49. The van der Waals surface area contributed by atoms with Gasteiger partial charge in [-0.25, -0.2) is 9.67 Å². The lowest BCUT2D eigenvalue weighted by molar-refractivity contribution is 0.879. The maximum absolute atomic E-state index is 4.11. The first-order chi connectivity index (χ1) is 10.2. The molecule has 0 unspecified atom stereocenters. The van der Waals surface area contributed by atoms with Gasteiger partial charge in [0, 0.05) is 12.2 Å². The van der Waals surface area contributed by atoms with Crippen molar-refractivity contribution in [1.29, 1.82) is 0 Å². The van der Waals surface area contributed by atoms with Gasteiger partial charge in [0.05, 0.1) is 5.69 Å². The van der Waals surface area contributed by atoms with Crippen molar-refractivity contribution < 1.29 is 0 Å². The zero-order chi connectivity index (χ0) is 14.7. The van der Waals surface area contributed by atoms with Crippen LogP contribution in [0.2, 0.25) is 0 Å². The van der Waals surface area contributed by atoms with Crippen LogP contribution in [-0.2, 0) is 6.54 Å². The SMILES string of the molecule is Cc1cc(C)cc(CNc2ccc(-n3cncn3)cc2)c1. The third-order valence-electron chi connectivity index (χ3n) is 3.33. The molecule has 0 saturated heterocycles. The second-order valence-electron chi connectivity index (χ2n) is 5.24. The van der Waals surface area contributed by atoms with E-state index in [0.717, 1.165) is 17.9 Å². The fourth-order valence-electron chi connectivity index (χ4n) is 2.45. The number of hydrogen-bond acceptors (Lipinski definition) is 3. The first-order valence-corrected chi connectivity index (χ1v) is 6.97. The van der Waals surface area contributed by atoms with Crippen molar-refractivity contribution in [2.75, 3.05) is 5.32 Å². The predicted molar refractivity (Wildman–Crippen MR) is 84.6 cm³/mol. The first-order valence-electron chi connectivity index (χ1n) is 6.97. The van der Waals surface area contributed by atoms with Crippen molar-refractivity contribution in [3.8, 4) is 5.69 Å². The third kappa shape index (κ3) is 3.28. The van der Waals surface area contributed by atoms with Crippen LogP contribution in [0.15, 0.2) is 55.1 Å². The molecule has 1 aromatic heterocycles. The van der Waals surface area contributed by atoms with E-state index in [-0.39, 0.29) is 0 Å². The average molecular weight is 278 g/mol. The summed E-state index contributed by atoms with van der Waals surface area (Å²) in [6.45, 7) is 5.08. The minimum atomic E-state index is 0.825. The predicted octanol–water partition coefficient (Wildman–Crippen LogP) is 3.50. The van der Waals surface area contributed by atoms with E-state index in [9.17, 15) is 0 Å². The van der Waals surface area contributed by atoms with Crippen molar-refractivity contribution in [3.63, 3.8) is 0 Å². The minimum absolute atomic E-state index is 0.825. The molecule has 21 heavy (non-hydrogen) atoms. The van der Waals surface area contributed by atoms with Gasteiger partial charge in [-0.1, -0.05) is 29.3 Å². The van der Waals surface area contributed by atoms with Crippen LogP contribution in [0.1, 0.15) is 16.7 Å². The molecular weight excluding hydrogens is 260 g/mol. The Morgan fingerprint density at radius 1 is 1.00 bits per heavy atom. The van der Waals surface area contributed by atoms with Gasteiger partial charge in [0.15, 0.2) is 0 Å². The zero-order valence-corrected chi connectivity index (χ0v) is 12.2. The lowest BCUT2D eigenvalue weighted by Crippen LogP contribution is -2.01. The molecule has 0 spiro atoms. The molecule has 0 aliphatic heterocycles. The van der Waals surface area contributed by atoms with Gasteiger partial charge < -0.3 is 5.32 Å². The molecule has 106 valence electrons. The van der Waals surface area contributed by atoms with Gasteiger partial charge in [0.1, 0.15) is 12.7 Å². The van der Waals surface area contributed by atoms with Crippen LogP contribution in [0.25, 0.3) is 5.69 Å². The van der Waals surface area contributed by atoms with E-state index < -0.39 is 0 Å². The number of hydrogen-bond donors (Lipinski definition) is 1. The van der Waals surface area contributed by atoms with E-state index in [4.69, 9.17) is 0 Å². The number of nitrogens with zero attached hydrogens (tertiary/aromatic N) is 3. The molecule has 4 nitrogen and oxygen atoms in total. The Balaban J connectivity index is 1.68. The van der Waals surface area contributed by atoms with Crippen LogP contribution in [0.3, 0.4) is 0 Å². The standard InChI is InChI=1S/C17H18N4/c1-13-7-14(2)9-15(8-13)10-19-16-3-5-17(6-4-16)21-12-18-11-20-21/h3-9,11-12,19H,10H2,1-2H3. The third-order valence-corrected chi connectivity index (χ3v) is 3.33. The van der Waals surface area contributed by atoms with Crippen LogP contribution in [0.4, 0.5) is 5.69 Å². The summed E-state index contributed by atoms with van der Waals surface area (Å²) in [4.78, 5) is 3.95. The minimum Gasteiger partial charge on any atom is -0.381 e. The number of aryl methyl sites for hydroxylation is 2. The highest BCUT2D eigenvalue weighted by atomic mass is 15.3. The maximum atomic E-state index is 4.11. The summed E-state index contributed by atoms with van der Waals surface area (Å²) in [5.41, 5.74) is 6.00. The number of benzene rings is 2. The van der Waals surface area contributed by atoms with Gasteiger partial charge in [-0.05, 0) is 43.7 Å². The molecule has 0 bridgehead atoms. The van der Waals surface area contributed by atoms with E-state index in [1.165, 1.54) is 23.0 Å². The number of nitrogens with one attached hydrogen (secondary N) is 1. The highest BCUT2D eigenvalue weighted by Crippen LogP contribution is 2.15. The molecule has 0 amide bonds. The van der Waals surface area contributed by atoms with Crippen molar-refractivity contribution in [2.24, 2.45) is 0 Å². The van der Waals surface area contributed by atoms with E-state index in [1.807, 2.05) is 12.1 Å². The quantitative estimate of drug-likeness (QED) is 0.794. The molecule has 3 aromatic rings. The Bertz CT molecular complexity index is 695. The van der Waals surface area contributed by atoms with Crippen molar-refractivity contribution >= 4 is 5.69 Å². The second-order valence-corrected chi connectivity index (χ2v) is 5.24. The molecule has 0 aliphatic carbocycles. The van der Waals surface area contributed by atoms with Gasteiger partial charge in [0.2, 0.25) is 0 Å². The van der Waals surface area contributed by atoms with Gasteiger partial charge in [-0.2, -0.15) is 5.10 Å². The molecule has 1 heterocycles. The maximum Gasteiger partial charge on any atom is 0.138 e. The van der Waals surface area contributed by atoms with E-state index >= 15 is 0 Å². The van der Waals surface area contributed by atoms with Gasteiger partial charge in [0.25, 0.3) is 0 Å².